The molecule has 0 atom stereocenters. The van der Waals surface area contributed by atoms with E-state index in [4.69, 9.17) is 14.6 Å². The van der Waals surface area contributed by atoms with Crippen LogP contribution < -0.4 is 9.47 Å². The van der Waals surface area contributed by atoms with Gasteiger partial charge in [0.15, 0.2) is 11.5 Å². The van der Waals surface area contributed by atoms with E-state index < -0.39 is 5.97 Å². The van der Waals surface area contributed by atoms with Gasteiger partial charge in [0.2, 0.25) is 6.79 Å². The van der Waals surface area contributed by atoms with Gasteiger partial charge in [0, 0.05) is 24.6 Å². The number of hydrogen-bond donors (Lipinski definition) is 1. The molecule has 2 aromatic rings. The van der Waals surface area contributed by atoms with Crippen LogP contribution in [-0.4, -0.2) is 27.4 Å². The zero-order valence-corrected chi connectivity index (χ0v) is 11.4. The van der Waals surface area contributed by atoms with Crippen LogP contribution in [0.15, 0.2) is 12.1 Å². The maximum atomic E-state index is 10.8. The topological polar surface area (TPSA) is 73.6 Å². The number of benzene rings is 1. The lowest BCUT2D eigenvalue weighted by Gasteiger charge is -2.10. The molecule has 1 N–H and O–H groups in total. The zero-order valence-electron chi connectivity index (χ0n) is 11.4. The average molecular weight is 276 g/mol. The lowest BCUT2D eigenvalue weighted by molar-refractivity contribution is -0.137. The standard InChI is InChI=1S/C14H16N2O4/c1-8(2)14-15-9-5-11-12(20-7-19-11)6-10(9)16(14)4-3-13(17)18/h5-6,8H,3-4,7H2,1-2H3,(H,17,18). The normalized spacial score (nSPS) is 13.3. The van der Waals surface area contributed by atoms with Gasteiger partial charge in [-0.3, -0.25) is 4.79 Å². The number of ether oxygens (including phenoxy) is 2. The van der Waals surface area contributed by atoms with E-state index in [-0.39, 0.29) is 19.1 Å². The molecule has 20 heavy (non-hydrogen) atoms. The van der Waals surface area contributed by atoms with E-state index in [1.54, 1.807) is 0 Å². The quantitative estimate of drug-likeness (QED) is 0.928. The second-order valence-electron chi connectivity index (χ2n) is 5.11. The molecular formula is C14H16N2O4. The fourth-order valence-corrected chi connectivity index (χ4v) is 2.42. The molecule has 1 aromatic heterocycles. The van der Waals surface area contributed by atoms with E-state index in [1.807, 2.05) is 30.5 Å². The van der Waals surface area contributed by atoms with Crippen molar-refractivity contribution in [3.05, 3.63) is 18.0 Å². The van der Waals surface area contributed by atoms with E-state index in [0.29, 0.717) is 18.0 Å². The van der Waals surface area contributed by atoms with Crippen molar-refractivity contribution < 1.29 is 19.4 Å². The Morgan fingerprint density at radius 3 is 2.75 bits per heavy atom. The van der Waals surface area contributed by atoms with Gasteiger partial charge in [0.05, 0.1) is 17.5 Å². The van der Waals surface area contributed by atoms with Crippen LogP contribution in [0.4, 0.5) is 0 Å². The lowest BCUT2D eigenvalue weighted by Crippen LogP contribution is -2.09. The highest BCUT2D eigenvalue weighted by molar-refractivity contribution is 5.81. The third-order valence-corrected chi connectivity index (χ3v) is 3.34. The molecule has 0 amide bonds. The average Bonchev–Trinajstić information content (AvgIpc) is 2.96. The van der Waals surface area contributed by atoms with Gasteiger partial charge in [-0.2, -0.15) is 0 Å². The molecule has 6 heteroatoms. The molecule has 3 rings (SSSR count). The SMILES string of the molecule is CC(C)c1nc2cc3c(cc2n1CCC(=O)O)OCO3. The Morgan fingerprint density at radius 1 is 1.40 bits per heavy atom. The number of aryl methyl sites for hydroxylation is 1. The maximum absolute atomic E-state index is 10.8. The van der Waals surface area contributed by atoms with Crippen LogP contribution in [0.1, 0.15) is 32.0 Å². The van der Waals surface area contributed by atoms with Gasteiger partial charge < -0.3 is 19.1 Å². The Hall–Kier alpha value is -2.24. The summed E-state index contributed by atoms with van der Waals surface area (Å²) >= 11 is 0. The van der Waals surface area contributed by atoms with Crippen LogP contribution in [0.5, 0.6) is 11.5 Å². The number of aliphatic carboxylic acids is 1. The number of rotatable bonds is 4. The first kappa shape index (κ1) is 12.8. The summed E-state index contributed by atoms with van der Waals surface area (Å²) in [4.78, 5) is 15.4. The Morgan fingerprint density at radius 2 is 2.10 bits per heavy atom. The van der Waals surface area contributed by atoms with Gasteiger partial charge in [0.1, 0.15) is 5.82 Å². The van der Waals surface area contributed by atoms with Crippen LogP contribution in [0.3, 0.4) is 0 Å². The van der Waals surface area contributed by atoms with E-state index in [1.165, 1.54) is 0 Å². The number of carboxylic acid groups (broad SMARTS) is 1. The van der Waals surface area contributed by atoms with Crippen LogP contribution in [0, 0.1) is 0 Å². The van der Waals surface area contributed by atoms with Gasteiger partial charge in [-0.25, -0.2) is 4.98 Å². The molecule has 2 heterocycles. The third-order valence-electron chi connectivity index (χ3n) is 3.34. The van der Waals surface area contributed by atoms with Gasteiger partial charge in [-0.15, -0.1) is 0 Å². The molecule has 0 fully saturated rings. The van der Waals surface area contributed by atoms with Crippen molar-refractivity contribution in [1.82, 2.24) is 9.55 Å². The molecule has 1 aromatic carbocycles. The van der Waals surface area contributed by atoms with E-state index in [9.17, 15) is 4.79 Å². The van der Waals surface area contributed by atoms with Crippen molar-refractivity contribution in [2.75, 3.05) is 6.79 Å². The second-order valence-corrected chi connectivity index (χ2v) is 5.11. The summed E-state index contributed by atoms with van der Waals surface area (Å²) in [6.07, 6.45) is 0.0691. The molecule has 1 aliphatic rings. The summed E-state index contributed by atoms with van der Waals surface area (Å²) in [6.45, 7) is 4.70. The summed E-state index contributed by atoms with van der Waals surface area (Å²) in [5, 5.41) is 8.89. The number of fused-ring (bicyclic) bond motifs is 2. The van der Waals surface area contributed by atoms with Crippen LogP contribution >= 0.6 is 0 Å². The van der Waals surface area contributed by atoms with Gasteiger partial charge >= 0.3 is 5.97 Å². The summed E-state index contributed by atoms with van der Waals surface area (Å²) < 4.78 is 12.7. The zero-order chi connectivity index (χ0) is 14.3. The summed E-state index contributed by atoms with van der Waals surface area (Å²) in [5.41, 5.74) is 1.70. The summed E-state index contributed by atoms with van der Waals surface area (Å²) in [7, 11) is 0. The third kappa shape index (κ3) is 2.07. The summed E-state index contributed by atoms with van der Waals surface area (Å²) in [5.74, 6) is 1.65. The van der Waals surface area contributed by atoms with Crippen molar-refractivity contribution >= 4 is 17.0 Å². The Balaban J connectivity index is 2.12. The Kier molecular flexibility index (Phi) is 3.00. The number of carbonyl (C=O) groups is 1. The molecular weight excluding hydrogens is 260 g/mol. The Bertz CT molecular complexity index is 675. The molecule has 0 spiro atoms. The predicted molar refractivity (Wildman–Crippen MR) is 72.2 cm³/mol. The maximum Gasteiger partial charge on any atom is 0.305 e. The molecule has 6 nitrogen and oxygen atoms in total. The first-order valence-corrected chi connectivity index (χ1v) is 6.58. The van der Waals surface area contributed by atoms with Gasteiger partial charge in [-0.05, 0) is 0 Å². The van der Waals surface area contributed by atoms with E-state index in [2.05, 4.69) is 4.98 Å². The molecule has 0 bridgehead atoms. The number of carboxylic acids is 1. The smallest absolute Gasteiger partial charge is 0.305 e. The van der Waals surface area contributed by atoms with Gasteiger partial charge in [0.25, 0.3) is 0 Å². The fourth-order valence-electron chi connectivity index (χ4n) is 2.42. The minimum atomic E-state index is -0.817. The molecule has 0 radical (unpaired) electrons. The van der Waals surface area contributed by atoms with Crippen molar-refractivity contribution in [3.63, 3.8) is 0 Å². The van der Waals surface area contributed by atoms with Crippen molar-refractivity contribution in [3.8, 4) is 11.5 Å². The number of nitrogens with zero attached hydrogens (tertiary/aromatic N) is 2. The minimum absolute atomic E-state index is 0.0691. The molecule has 0 saturated heterocycles. The molecule has 106 valence electrons. The van der Waals surface area contributed by atoms with E-state index >= 15 is 0 Å². The van der Waals surface area contributed by atoms with Crippen LogP contribution in [0.25, 0.3) is 11.0 Å². The highest BCUT2D eigenvalue weighted by Gasteiger charge is 2.20. The van der Waals surface area contributed by atoms with Crippen molar-refractivity contribution in [1.29, 1.82) is 0 Å². The largest absolute Gasteiger partial charge is 0.481 e. The van der Waals surface area contributed by atoms with Gasteiger partial charge in [-0.1, -0.05) is 13.8 Å². The molecule has 0 saturated carbocycles. The van der Waals surface area contributed by atoms with Crippen LogP contribution in [-0.2, 0) is 11.3 Å². The lowest BCUT2D eigenvalue weighted by atomic mass is 10.2. The van der Waals surface area contributed by atoms with Crippen molar-refractivity contribution in [2.45, 2.75) is 32.7 Å². The molecule has 0 aliphatic carbocycles. The number of aromatic nitrogens is 2. The first-order valence-electron chi connectivity index (χ1n) is 6.58. The van der Waals surface area contributed by atoms with Crippen LogP contribution in [0.2, 0.25) is 0 Å². The second kappa shape index (κ2) is 4.70. The minimum Gasteiger partial charge on any atom is -0.481 e. The first-order chi connectivity index (χ1) is 9.56. The Labute approximate surface area is 115 Å². The highest BCUT2D eigenvalue weighted by Crippen LogP contribution is 2.37. The highest BCUT2D eigenvalue weighted by atomic mass is 16.7. The predicted octanol–water partition coefficient (Wildman–Crippen LogP) is 2.36. The monoisotopic (exact) mass is 276 g/mol. The number of hydrogen-bond acceptors (Lipinski definition) is 4. The summed E-state index contributed by atoms with van der Waals surface area (Å²) in [6, 6.07) is 3.72. The van der Waals surface area contributed by atoms with Crippen molar-refractivity contribution in [2.24, 2.45) is 0 Å². The fraction of sp³-hybridized carbons (Fsp3) is 0.429. The molecule has 0 unspecified atom stereocenters. The number of imidazole rings is 1. The van der Waals surface area contributed by atoms with E-state index in [0.717, 1.165) is 16.9 Å². The molecule has 1 aliphatic heterocycles.